The molecule has 0 saturated carbocycles. The molecule has 1 rings (SSSR count). The molecule has 0 aromatic heterocycles. The predicted molar refractivity (Wildman–Crippen MR) is 65.2 cm³/mol. The van der Waals surface area contributed by atoms with Crippen LogP contribution in [0.4, 0.5) is 26.3 Å². The lowest BCUT2D eigenvalue weighted by Gasteiger charge is -2.23. The minimum atomic E-state index is -5.20. The maximum absolute atomic E-state index is 12.5. The van der Waals surface area contributed by atoms with Gasteiger partial charge in [-0.15, -0.1) is 0 Å². The Hall–Kier alpha value is -2.26. The van der Waals surface area contributed by atoms with Crippen molar-refractivity contribution in [3.05, 3.63) is 35.4 Å². The van der Waals surface area contributed by atoms with Gasteiger partial charge in [-0.2, -0.15) is 26.3 Å². The molecule has 128 valence electrons. The first kappa shape index (κ1) is 18.8. The van der Waals surface area contributed by atoms with Crippen molar-refractivity contribution in [2.75, 3.05) is 6.54 Å². The van der Waals surface area contributed by atoms with E-state index in [0.29, 0.717) is 12.1 Å². The average Bonchev–Trinajstić information content (AvgIpc) is 2.41. The molecule has 23 heavy (non-hydrogen) atoms. The van der Waals surface area contributed by atoms with Crippen LogP contribution < -0.4 is 0 Å². The number of carboxylic acid groups (broad SMARTS) is 1. The number of nitrogens with zero attached hydrogens (tertiary/aromatic N) is 1. The van der Waals surface area contributed by atoms with Crippen LogP contribution in [0, 0.1) is 0 Å². The molecule has 0 bridgehead atoms. The molecular weight excluding hydrogens is 332 g/mol. The van der Waals surface area contributed by atoms with Gasteiger partial charge in [0.25, 0.3) is 0 Å². The fraction of sp³-hybridized carbons (Fsp3) is 0.385. The maximum Gasteiger partial charge on any atom is 0.471 e. The van der Waals surface area contributed by atoms with Gasteiger partial charge in [0.15, 0.2) is 0 Å². The summed E-state index contributed by atoms with van der Waals surface area (Å²) in [5, 5.41) is 8.49. The van der Waals surface area contributed by atoms with Crippen LogP contribution in [0.1, 0.15) is 17.5 Å². The molecule has 0 spiro atoms. The first-order valence-corrected chi connectivity index (χ1v) is 6.15. The number of carbonyl (C=O) groups is 2. The van der Waals surface area contributed by atoms with E-state index in [4.69, 9.17) is 5.11 Å². The lowest BCUT2D eigenvalue weighted by atomic mass is 10.1. The zero-order chi connectivity index (χ0) is 17.8. The zero-order valence-electron chi connectivity index (χ0n) is 11.4. The third-order valence-corrected chi connectivity index (χ3v) is 2.78. The van der Waals surface area contributed by atoms with Gasteiger partial charge < -0.3 is 10.0 Å². The van der Waals surface area contributed by atoms with Crippen LogP contribution in [-0.4, -0.2) is 34.6 Å². The molecule has 0 aliphatic rings. The van der Waals surface area contributed by atoms with E-state index in [2.05, 4.69) is 0 Å². The Labute approximate surface area is 126 Å². The number of aliphatic carboxylic acids is 1. The minimum Gasteiger partial charge on any atom is -0.481 e. The lowest BCUT2D eigenvalue weighted by Crippen LogP contribution is -2.41. The molecule has 0 unspecified atom stereocenters. The number of rotatable bonds is 5. The highest BCUT2D eigenvalue weighted by Gasteiger charge is 2.42. The molecular formula is C13H11F6NO3. The predicted octanol–water partition coefficient (Wildman–Crippen LogP) is 3.07. The Morgan fingerprint density at radius 3 is 1.91 bits per heavy atom. The summed E-state index contributed by atoms with van der Waals surface area (Å²) < 4.78 is 74.6. The molecule has 0 aliphatic carbocycles. The van der Waals surface area contributed by atoms with Gasteiger partial charge in [0.1, 0.15) is 0 Å². The number of hydrogen-bond acceptors (Lipinski definition) is 2. The van der Waals surface area contributed by atoms with Crippen molar-refractivity contribution in [2.45, 2.75) is 25.3 Å². The number of amides is 1. The second-order valence-electron chi connectivity index (χ2n) is 4.56. The molecule has 4 nitrogen and oxygen atoms in total. The minimum absolute atomic E-state index is 0.0148. The number of benzene rings is 1. The summed E-state index contributed by atoms with van der Waals surface area (Å²) in [6.45, 7) is -1.36. The van der Waals surface area contributed by atoms with E-state index < -0.39 is 49.3 Å². The van der Waals surface area contributed by atoms with E-state index in [0.717, 1.165) is 12.1 Å². The lowest BCUT2D eigenvalue weighted by molar-refractivity contribution is -0.186. The summed E-state index contributed by atoms with van der Waals surface area (Å²) in [6.07, 6.45) is -10.5. The van der Waals surface area contributed by atoms with Crippen molar-refractivity contribution >= 4 is 11.9 Å². The Kier molecular flexibility index (Phi) is 5.62. The number of halogens is 6. The van der Waals surface area contributed by atoms with E-state index in [1.54, 1.807) is 0 Å². The van der Waals surface area contributed by atoms with E-state index in [1.807, 2.05) is 0 Å². The van der Waals surface area contributed by atoms with Crippen molar-refractivity contribution < 1.29 is 41.0 Å². The molecule has 0 atom stereocenters. The summed E-state index contributed by atoms with van der Waals surface area (Å²) in [5.74, 6) is -3.66. The van der Waals surface area contributed by atoms with Gasteiger partial charge in [-0.3, -0.25) is 9.59 Å². The van der Waals surface area contributed by atoms with Crippen LogP contribution in [0.25, 0.3) is 0 Å². The van der Waals surface area contributed by atoms with Gasteiger partial charge in [-0.1, -0.05) is 12.1 Å². The highest BCUT2D eigenvalue weighted by atomic mass is 19.4. The molecule has 1 N–H and O–H groups in total. The van der Waals surface area contributed by atoms with Gasteiger partial charge in [-0.05, 0) is 17.7 Å². The topological polar surface area (TPSA) is 57.6 Å². The largest absolute Gasteiger partial charge is 0.481 e. The third kappa shape index (κ3) is 5.80. The number of carbonyl (C=O) groups excluding carboxylic acids is 1. The summed E-state index contributed by atoms with van der Waals surface area (Å²) in [7, 11) is 0. The highest BCUT2D eigenvalue weighted by Crippen LogP contribution is 2.29. The Morgan fingerprint density at radius 2 is 1.52 bits per heavy atom. The first-order valence-electron chi connectivity index (χ1n) is 6.15. The van der Waals surface area contributed by atoms with Crippen LogP contribution in [0.3, 0.4) is 0 Å². The monoisotopic (exact) mass is 343 g/mol. The zero-order valence-corrected chi connectivity index (χ0v) is 11.4. The van der Waals surface area contributed by atoms with E-state index in [1.165, 1.54) is 0 Å². The SMILES string of the molecule is O=C(O)CCN(Cc1ccc(C(F)(F)F)cc1)C(=O)C(F)(F)F. The summed E-state index contributed by atoms with van der Waals surface area (Å²) >= 11 is 0. The van der Waals surface area contributed by atoms with Crippen LogP contribution in [0.5, 0.6) is 0 Å². The van der Waals surface area contributed by atoms with E-state index in [-0.39, 0.29) is 10.5 Å². The third-order valence-electron chi connectivity index (χ3n) is 2.78. The standard InChI is InChI=1S/C13H11F6NO3/c14-12(15,16)9-3-1-8(2-4-9)7-20(6-5-10(21)22)11(23)13(17,18)19/h1-4H,5-7H2,(H,21,22). The van der Waals surface area contributed by atoms with Crippen LogP contribution in [0.2, 0.25) is 0 Å². The second-order valence-corrected chi connectivity index (χ2v) is 4.56. The van der Waals surface area contributed by atoms with Crippen molar-refractivity contribution in [3.8, 4) is 0 Å². The molecule has 0 radical (unpaired) electrons. The van der Waals surface area contributed by atoms with Crippen molar-refractivity contribution in [1.82, 2.24) is 4.90 Å². The maximum atomic E-state index is 12.5. The van der Waals surface area contributed by atoms with Gasteiger partial charge in [-0.25, -0.2) is 0 Å². The van der Waals surface area contributed by atoms with Gasteiger partial charge in [0.05, 0.1) is 12.0 Å². The molecule has 1 aromatic carbocycles. The fourth-order valence-corrected chi connectivity index (χ4v) is 1.68. The first-order chi connectivity index (χ1) is 10.4. The van der Waals surface area contributed by atoms with Crippen LogP contribution in [-0.2, 0) is 22.3 Å². The molecule has 1 aromatic rings. The Bertz CT molecular complexity index is 565. The molecule has 0 heterocycles. The van der Waals surface area contributed by atoms with E-state index in [9.17, 15) is 35.9 Å². The average molecular weight is 343 g/mol. The molecule has 0 saturated heterocycles. The molecule has 0 fully saturated rings. The number of carboxylic acids is 1. The van der Waals surface area contributed by atoms with Crippen molar-refractivity contribution in [2.24, 2.45) is 0 Å². The molecule has 10 heteroatoms. The quantitative estimate of drug-likeness (QED) is 0.836. The second kappa shape index (κ2) is 6.88. The number of alkyl halides is 6. The van der Waals surface area contributed by atoms with Gasteiger partial charge in [0.2, 0.25) is 0 Å². The number of hydrogen-bond donors (Lipinski definition) is 1. The summed E-state index contributed by atoms with van der Waals surface area (Å²) in [4.78, 5) is 21.9. The van der Waals surface area contributed by atoms with Crippen LogP contribution in [0.15, 0.2) is 24.3 Å². The molecule has 1 amide bonds. The normalized spacial score (nSPS) is 12.1. The van der Waals surface area contributed by atoms with Crippen LogP contribution >= 0.6 is 0 Å². The Morgan fingerprint density at radius 1 is 1.00 bits per heavy atom. The summed E-state index contributed by atoms with van der Waals surface area (Å²) in [6, 6.07) is 3.20. The van der Waals surface area contributed by atoms with Gasteiger partial charge in [0, 0.05) is 13.1 Å². The Balaban J connectivity index is 2.92. The highest BCUT2D eigenvalue weighted by molar-refractivity contribution is 5.82. The summed E-state index contributed by atoms with van der Waals surface area (Å²) in [5.41, 5.74) is -0.971. The van der Waals surface area contributed by atoms with Crippen molar-refractivity contribution in [1.29, 1.82) is 0 Å². The fourth-order valence-electron chi connectivity index (χ4n) is 1.68. The van der Waals surface area contributed by atoms with E-state index >= 15 is 0 Å². The van der Waals surface area contributed by atoms with Crippen molar-refractivity contribution in [3.63, 3.8) is 0 Å². The van der Waals surface area contributed by atoms with Gasteiger partial charge >= 0.3 is 24.2 Å². The molecule has 0 aliphatic heterocycles. The smallest absolute Gasteiger partial charge is 0.471 e.